The summed E-state index contributed by atoms with van der Waals surface area (Å²) in [6, 6.07) is 8.34. The van der Waals surface area contributed by atoms with E-state index in [1.165, 1.54) is 10.6 Å². The predicted molar refractivity (Wildman–Crippen MR) is 122 cm³/mol. The molecule has 1 saturated heterocycles. The summed E-state index contributed by atoms with van der Waals surface area (Å²) < 4.78 is 6.06. The van der Waals surface area contributed by atoms with Gasteiger partial charge in [0, 0.05) is 12.8 Å². The molecule has 4 nitrogen and oxygen atoms in total. The van der Waals surface area contributed by atoms with Gasteiger partial charge >= 0.3 is 5.97 Å². The summed E-state index contributed by atoms with van der Waals surface area (Å²) in [4.78, 5) is 13.0. The minimum Gasteiger partial charge on any atom is -0.462 e. The molecule has 0 N–H and O–H groups in total. The van der Waals surface area contributed by atoms with E-state index < -0.39 is 11.1 Å². The van der Waals surface area contributed by atoms with Gasteiger partial charge in [0.2, 0.25) is 0 Å². The van der Waals surface area contributed by atoms with Crippen LogP contribution in [-0.2, 0) is 21.2 Å². The second-order valence-electron chi connectivity index (χ2n) is 9.69. The number of hydrogen-bond donors (Lipinski definition) is 0. The predicted octanol–water partition coefficient (Wildman–Crippen LogP) is 6.46. The Morgan fingerprint density at radius 2 is 1.43 bits per heavy atom. The Morgan fingerprint density at radius 3 is 1.83 bits per heavy atom. The summed E-state index contributed by atoms with van der Waals surface area (Å²) >= 11 is 0. The van der Waals surface area contributed by atoms with Gasteiger partial charge < -0.3 is 4.74 Å². The summed E-state index contributed by atoms with van der Waals surface area (Å²) in [5, 5.41) is 14.7. The van der Waals surface area contributed by atoms with Crippen LogP contribution in [0, 0.1) is 5.92 Å². The average molecular weight is 417 g/mol. The Morgan fingerprint density at radius 1 is 0.967 bits per heavy atom. The Labute approximate surface area is 184 Å². The van der Waals surface area contributed by atoms with E-state index in [4.69, 9.17) is 4.74 Å². The zero-order valence-corrected chi connectivity index (χ0v) is 20.2. The van der Waals surface area contributed by atoms with Crippen molar-refractivity contribution in [3.05, 3.63) is 35.4 Å². The molecule has 0 amide bonds. The summed E-state index contributed by atoms with van der Waals surface area (Å²) in [6.07, 6.45) is 5.18. The van der Waals surface area contributed by atoms with Crippen molar-refractivity contribution in [2.24, 2.45) is 5.92 Å². The van der Waals surface area contributed by atoms with Gasteiger partial charge in [-0.1, -0.05) is 65.8 Å². The number of nitrogens with zero attached hydrogens (tertiary/aromatic N) is 1. The lowest BCUT2D eigenvalue weighted by Crippen LogP contribution is -2.64. The number of hydrogen-bond acceptors (Lipinski definition) is 3. The lowest BCUT2D eigenvalue weighted by atomic mass is 9.72. The second-order valence-corrected chi connectivity index (χ2v) is 9.69. The van der Waals surface area contributed by atoms with E-state index >= 15 is 0 Å². The number of carbonyl (C=O) groups is 1. The zero-order valence-electron chi connectivity index (χ0n) is 20.2. The maximum atomic E-state index is 13.4. The van der Waals surface area contributed by atoms with E-state index in [0.717, 1.165) is 37.7 Å². The molecule has 1 radical (unpaired) electrons. The normalized spacial score (nSPS) is 20.3. The smallest absolute Gasteiger partial charge is 0.313 e. The van der Waals surface area contributed by atoms with Crippen LogP contribution in [0.25, 0.3) is 0 Å². The van der Waals surface area contributed by atoms with Gasteiger partial charge in [0.1, 0.15) is 6.10 Å². The molecule has 0 aliphatic carbocycles. The highest BCUT2D eigenvalue weighted by atomic mass is 16.5. The first-order chi connectivity index (χ1) is 14.2. The summed E-state index contributed by atoms with van der Waals surface area (Å²) in [5.74, 6) is 0.122. The molecule has 0 spiro atoms. The first-order valence-corrected chi connectivity index (χ1v) is 11.9. The SMILES string of the molecule is CCC1(CC)CC(OC(=O)C(C)c2ccc(CC(C)C)cc2)CC(CC)(CC)N1[O]. The van der Waals surface area contributed by atoms with Crippen LogP contribution >= 0.6 is 0 Å². The molecule has 1 fully saturated rings. The monoisotopic (exact) mass is 416 g/mol. The topological polar surface area (TPSA) is 49.4 Å². The van der Waals surface area contributed by atoms with E-state index in [0.29, 0.717) is 18.8 Å². The molecule has 0 bridgehead atoms. The fourth-order valence-corrected chi connectivity index (χ4v) is 5.14. The van der Waals surface area contributed by atoms with E-state index in [1.807, 2.05) is 6.92 Å². The van der Waals surface area contributed by atoms with Gasteiger partial charge in [0.05, 0.1) is 17.0 Å². The number of hydroxylamine groups is 2. The highest BCUT2D eigenvalue weighted by Gasteiger charge is 2.53. The summed E-state index contributed by atoms with van der Waals surface area (Å²) in [7, 11) is 0. The van der Waals surface area contributed by atoms with Gasteiger partial charge in [-0.15, -0.1) is 10.3 Å². The van der Waals surface area contributed by atoms with Gasteiger partial charge in [-0.2, -0.15) is 0 Å². The quantitative estimate of drug-likeness (QED) is 0.434. The van der Waals surface area contributed by atoms with Crippen LogP contribution in [0.4, 0.5) is 0 Å². The largest absolute Gasteiger partial charge is 0.462 e. The van der Waals surface area contributed by atoms with Gasteiger partial charge in [0.25, 0.3) is 0 Å². The fourth-order valence-electron chi connectivity index (χ4n) is 5.14. The number of piperidine rings is 1. The van der Waals surface area contributed by atoms with Gasteiger partial charge in [0.15, 0.2) is 0 Å². The third-order valence-electron chi connectivity index (χ3n) is 7.47. The van der Waals surface area contributed by atoms with Crippen LogP contribution < -0.4 is 0 Å². The molecule has 1 atom stereocenters. The minimum atomic E-state index is -0.447. The molecular weight excluding hydrogens is 374 g/mol. The molecule has 2 rings (SSSR count). The molecule has 4 heteroatoms. The van der Waals surface area contributed by atoms with Crippen LogP contribution in [0.5, 0.6) is 0 Å². The number of ether oxygens (including phenoxy) is 1. The number of rotatable bonds is 9. The van der Waals surface area contributed by atoms with Crippen molar-refractivity contribution in [3.8, 4) is 0 Å². The van der Waals surface area contributed by atoms with E-state index in [9.17, 15) is 10.0 Å². The Hall–Kier alpha value is -1.39. The molecule has 1 aliphatic rings. The zero-order chi connectivity index (χ0) is 22.5. The van der Waals surface area contributed by atoms with E-state index in [-0.39, 0.29) is 18.0 Å². The van der Waals surface area contributed by atoms with Crippen molar-refractivity contribution in [1.29, 1.82) is 0 Å². The van der Waals surface area contributed by atoms with E-state index in [2.05, 4.69) is 65.8 Å². The van der Waals surface area contributed by atoms with Gasteiger partial charge in [-0.25, -0.2) is 0 Å². The van der Waals surface area contributed by atoms with Crippen molar-refractivity contribution in [2.75, 3.05) is 0 Å². The average Bonchev–Trinajstić information content (AvgIpc) is 2.74. The fraction of sp³-hybridized carbons (Fsp3) is 0.731. The molecule has 1 aliphatic heterocycles. The third kappa shape index (κ3) is 5.08. The van der Waals surface area contributed by atoms with Crippen LogP contribution in [0.1, 0.15) is 104 Å². The maximum absolute atomic E-state index is 13.4. The Balaban J connectivity index is 2.16. The van der Waals surface area contributed by atoms with Crippen molar-refractivity contribution in [3.63, 3.8) is 0 Å². The van der Waals surface area contributed by atoms with Crippen molar-refractivity contribution >= 4 is 5.97 Å². The molecular formula is C26H42NO3. The van der Waals surface area contributed by atoms with Crippen molar-refractivity contribution < 1.29 is 14.7 Å². The van der Waals surface area contributed by atoms with Crippen molar-refractivity contribution in [1.82, 2.24) is 5.06 Å². The summed E-state index contributed by atoms with van der Waals surface area (Å²) in [6.45, 7) is 14.7. The molecule has 30 heavy (non-hydrogen) atoms. The van der Waals surface area contributed by atoms with E-state index in [1.54, 1.807) is 0 Å². The van der Waals surface area contributed by atoms with Gasteiger partial charge in [-0.3, -0.25) is 4.79 Å². The number of carbonyl (C=O) groups excluding carboxylic acids is 1. The Bertz CT molecular complexity index is 652. The van der Waals surface area contributed by atoms with Crippen LogP contribution in [0.15, 0.2) is 24.3 Å². The van der Waals surface area contributed by atoms with Crippen molar-refractivity contribution in [2.45, 2.75) is 117 Å². The lowest BCUT2D eigenvalue weighted by Gasteiger charge is -2.54. The molecule has 0 saturated carbocycles. The molecule has 1 aromatic carbocycles. The molecule has 1 aromatic rings. The standard InChI is InChI=1S/C26H42NO3/c1-8-25(9-2)17-23(18-26(10-3,11-4)27(25)29)30-24(28)20(7)22-14-12-21(13-15-22)16-19(5)6/h12-15,19-20,23H,8-11,16-18H2,1-7H3. The molecule has 0 aromatic heterocycles. The Kier molecular flexibility index (Phi) is 8.52. The van der Waals surface area contributed by atoms with Crippen LogP contribution in [0.2, 0.25) is 0 Å². The van der Waals surface area contributed by atoms with Gasteiger partial charge in [-0.05, 0) is 56.1 Å². The first kappa shape index (κ1) is 24.9. The third-order valence-corrected chi connectivity index (χ3v) is 7.47. The minimum absolute atomic E-state index is 0.182. The maximum Gasteiger partial charge on any atom is 0.313 e. The number of esters is 1. The summed E-state index contributed by atoms with van der Waals surface area (Å²) in [5.41, 5.74) is 1.39. The highest BCUT2D eigenvalue weighted by molar-refractivity contribution is 5.77. The lowest BCUT2D eigenvalue weighted by molar-refractivity contribution is -0.320. The second kappa shape index (κ2) is 10.3. The first-order valence-electron chi connectivity index (χ1n) is 11.9. The molecule has 1 heterocycles. The van der Waals surface area contributed by atoms with Crippen LogP contribution in [0.3, 0.4) is 0 Å². The molecule has 169 valence electrons. The molecule has 1 unspecified atom stereocenters. The van der Waals surface area contributed by atoms with Crippen LogP contribution in [-0.4, -0.2) is 28.2 Å². The highest BCUT2D eigenvalue weighted by Crippen LogP contribution is 2.46. The number of benzene rings is 1.